The Morgan fingerprint density at radius 1 is 0.852 bits per heavy atom. The Hall–Kier alpha value is -1.12. The molecule has 4 nitrogen and oxygen atoms in total. The van der Waals surface area contributed by atoms with Gasteiger partial charge in [0.25, 0.3) is 0 Å². The summed E-state index contributed by atoms with van der Waals surface area (Å²) >= 11 is 0. The summed E-state index contributed by atoms with van der Waals surface area (Å²) in [6.45, 7) is 4.54. The predicted molar refractivity (Wildman–Crippen MR) is 113 cm³/mol. The molecule has 154 valence electrons. The fourth-order valence-electron chi connectivity index (χ4n) is 3.08. The smallest absolute Gasteiger partial charge is 0.338 e. The van der Waals surface area contributed by atoms with E-state index >= 15 is 0 Å². The minimum atomic E-state index is -2.78. The second-order valence-corrected chi connectivity index (χ2v) is 9.90. The number of carbonyl (C=O) groups is 1. The average molecular weight is 397 g/mol. The van der Waals surface area contributed by atoms with Crippen LogP contribution < -0.4 is 5.30 Å². The van der Waals surface area contributed by atoms with Crippen molar-refractivity contribution in [2.24, 2.45) is 0 Å². The molecule has 0 fully saturated rings. The summed E-state index contributed by atoms with van der Waals surface area (Å²) in [5.74, 6) is -0.318. The molecule has 0 saturated heterocycles. The minimum Gasteiger partial charge on any atom is -0.462 e. The SMILES string of the molecule is CCCCCCCCCCCCOC(=O)c1ccc(P(=O)(CC)OC)cc1. The maximum atomic E-state index is 12.5. The third-order valence-corrected chi connectivity index (χ3v) is 7.45. The second-order valence-electron chi connectivity index (χ2n) is 7.04. The highest BCUT2D eigenvalue weighted by atomic mass is 31.2. The van der Waals surface area contributed by atoms with Gasteiger partial charge in [0.1, 0.15) is 0 Å². The lowest BCUT2D eigenvalue weighted by molar-refractivity contribution is 0.0497. The van der Waals surface area contributed by atoms with Gasteiger partial charge < -0.3 is 9.26 Å². The van der Waals surface area contributed by atoms with E-state index in [1.807, 2.05) is 6.92 Å². The van der Waals surface area contributed by atoms with Gasteiger partial charge in [-0.2, -0.15) is 0 Å². The molecule has 0 heterocycles. The highest BCUT2D eigenvalue weighted by Crippen LogP contribution is 2.43. The maximum absolute atomic E-state index is 12.5. The fourth-order valence-corrected chi connectivity index (χ4v) is 4.52. The fraction of sp³-hybridized carbons (Fsp3) is 0.682. The van der Waals surface area contributed by atoms with Gasteiger partial charge in [-0.3, -0.25) is 4.57 Å². The number of ether oxygens (including phenoxy) is 1. The summed E-state index contributed by atoms with van der Waals surface area (Å²) in [5.41, 5.74) is 0.490. The van der Waals surface area contributed by atoms with Crippen LogP contribution in [0, 0.1) is 0 Å². The Balaban J connectivity index is 2.17. The van der Waals surface area contributed by atoms with Crippen molar-refractivity contribution in [3.8, 4) is 0 Å². The Bertz CT molecular complexity index is 560. The predicted octanol–water partition coefficient (Wildman–Crippen LogP) is 6.33. The van der Waals surface area contributed by atoms with Crippen molar-refractivity contribution >= 4 is 18.6 Å². The lowest BCUT2D eigenvalue weighted by Crippen LogP contribution is -2.11. The molecule has 1 rings (SSSR count). The normalized spacial score (nSPS) is 13.3. The van der Waals surface area contributed by atoms with Crippen LogP contribution in [-0.4, -0.2) is 25.8 Å². The maximum Gasteiger partial charge on any atom is 0.338 e. The van der Waals surface area contributed by atoms with E-state index in [1.165, 1.54) is 58.5 Å². The third-order valence-electron chi connectivity index (χ3n) is 4.94. The van der Waals surface area contributed by atoms with Crippen molar-refractivity contribution < 1.29 is 18.6 Å². The molecule has 1 aromatic carbocycles. The van der Waals surface area contributed by atoms with Crippen LogP contribution in [0.2, 0.25) is 0 Å². The van der Waals surface area contributed by atoms with Crippen LogP contribution in [0.1, 0.15) is 88.4 Å². The van der Waals surface area contributed by atoms with Gasteiger partial charge in [0.15, 0.2) is 0 Å². The van der Waals surface area contributed by atoms with Crippen molar-refractivity contribution in [3.63, 3.8) is 0 Å². The Kier molecular flexibility index (Phi) is 12.4. The summed E-state index contributed by atoms with van der Waals surface area (Å²) in [6, 6.07) is 6.73. The number of esters is 1. The molecule has 0 aliphatic heterocycles. The van der Waals surface area contributed by atoms with Gasteiger partial charge in [0.05, 0.1) is 12.2 Å². The van der Waals surface area contributed by atoms with Crippen LogP contribution in [0.5, 0.6) is 0 Å². The van der Waals surface area contributed by atoms with Gasteiger partial charge in [-0.25, -0.2) is 4.79 Å². The topological polar surface area (TPSA) is 52.6 Å². The van der Waals surface area contributed by atoms with Crippen LogP contribution in [0.15, 0.2) is 24.3 Å². The largest absolute Gasteiger partial charge is 0.462 e. The van der Waals surface area contributed by atoms with E-state index in [9.17, 15) is 9.36 Å². The monoisotopic (exact) mass is 396 g/mol. The van der Waals surface area contributed by atoms with Gasteiger partial charge in [-0.1, -0.05) is 71.6 Å². The first-order valence-electron chi connectivity index (χ1n) is 10.5. The van der Waals surface area contributed by atoms with E-state index in [4.69, 9.17) is 9.26 Å². The average Bonchev–Trinajstić information content (AvgIpc) is 2.71. The Labute approximate surface area is 165 Å². The van der Waals surface area contributed by atoms with E-state index < -0.39 is 7.37 Å². The highest BCUT2D eigenvalue weighted by molar-refractivity contribution is 7.66. The molecular formula is C22H37O4P. The molecule has 1 unspecified atom stereocenters. The molecule has 0 aliphatic carbocycles. The molecule has 1 aromatic rings. The first kappa shape index (κ1) is 23.9. The lowest BCUT2D eigenvalue weighted by atomic mass is 10.1. The molecule has 0 amide bonds. The van der Waals surface area contributed by atoms with Gasteiger partial charge in [-0.05, 0) is 30.7 Å². The quantitative estimate of drug-likeness (QED) is 0.197. The van der Waals surface area contributed by atoms with E-state index in [0.717, 1.165) is 12.8 Å². The number of hydrogen-bond acceptors (Lipinski definition) is 4. The van der Waals surface area contributed by atoms with Crippen LogP contribution in [0.4, 0.5) is 0 Å². The second kappa shape index (κ2) is 14.0. The van der Waals surface area contributed by atoms with Crippen molar-refractivity contribution in [2.75, 3.05) is 19.9 Å². The molecular weight excluding hydrogens is 359 g/mol. The van der Waals surface area contributed by atoms with E-state index in [1.54, 1.807) is 24.3 Å². The zero-order valence-electron chi connectivity index (χ0n) is 17.4. The van der Waals surface area contributed by atoms with Gasteiger partial charge in [0.2, 0.25) is 7.37 Å². The molecule has 0 bridgehead atoms. The lowest BCUT2D eigenvalue weighted by Gasteiger charge is -2.14. The third kappa shape index (κ3) is 9.08. The standard InChI is InChI=1S/C22H37O4P/c1-4-6-7-8-9-10-11-12-13-14-19-26-22(23)20-15-17-21(18-16-20)27(24,5-2)25-3/h15-18H,4-14,19H2,1-3H3. The van der Waals surface area contributed by atoms with Crippen LogP contribution in [0.3, 0.4) is 0 Å². The number of unbranched alkanes of at least 4 members (excludes halogenated alkanes) is 9. The summed E-state index contributed by atoms with van der Waals surface area (Å²) < 4.78 is 23.0. The van der Waals surface area contributed by atoms with Crippen molar-refractivity contribution in [2.45, 2.75) is 78.1 Å². The number of carbonyl (C=O) groups excluding carboxylic acids is 1. The molecule has 0 spiro atoms. The Morgan fingerprint density at radius 3 is 1.85 bits per heavy atom. The summed E-state index contributed by atoms with van der Waals surface area (Å²) in [4.78, 5) is 12.1. The van der Waals surface area contributed by atoms with Crippen molar-refractivity contribution in [1.29, 1.82) is 0 Å². The molecule has 27 heavy (non-hydrogen) atoms. The number of hydrogen-bond donors (Lipinski definition) is 0. The first-order chi connectivity index (χ1) is 13.1. The molecule has 0 radical (unpaired) electrons. The van der Waals surface area contributed by atoms with Gasteiger partial charge in [-0.15, -0.1) is 0 Å². The first-order valence-corrected chi connectivity index (χ1v) is 12.3. The number of rotatable bonds is 15. The van der Waals surface area contributed by atoms with Gasteiger partial charge in [0, 0.05) is 18.6 Å². The van der Waals surface area contributed by atoms with Crippen LogP contribution >= 0.6 is 7.37 Å². The van der Waals surface area contributed by atoms with E-state index in [0.29, 0.717) is 23.6 Å². The van der Waals surface area contributed by atoms with Gasteiger partial charge >= 0.3 is 5.97 Å². The molecule has 0 aromatic heterocycles. The highest BCUT2D eigenvalue weighted by Gasteiger charge is 2.22. The molecule has 1 atom stereocenters. The van der Waals surface area contributed by atoms with Crippen molar-refractivity contribution in [1.82, 2.24) is 0 Å². The van der Waals surface area contributed by atoms with Crippen LogP contribution in [0.25, 0.3) is 0 Å². The summed E-state index contributed by atoms with van der Waals surface area (Å²) in [6.07, 6.45) is 13.0. The van der Waals surface area contributed by atoms with E-state index in [-0.39, 0.29) is 5.97 Å². The summed E-state index contributed by atoms with van der Waals surface area (Å²) in [5, 5.41) is 0.638. The van der Waals surface area contributed by atoms with E-state index in [2.05, 4.69) is 6.92 Å². The summed E-state index contributed by atoms with van der Waals surface area (Å²) in [7, 11) is -1.33. The zero-order valence-corrected chi connectivity index (χ0v) is 18.3. The molecule has 0 N–H and O–H groups in total. The van der Waals surface area contributed by atoms with Crippen LogP contribution in [-0.2, 0) is 13.8 Å². The molecule has 5 heteroatoms. The minimum absolute atomic E-state index is 0.318. The Morgan fingerprint density at radius 2 is 1.37 bits per heavy atom. The van der Waals surface area contributed by atoms with Crippen molar-refractivity contribution in [3.05, 3.63) is 29.8 Å². The molecule has 0 saturated carbocycles. The number of benzene rings is 1. The zero-order chi connectivity index (χ0) is 20.0. The molecule has 0 aliphatic rings.